The first-order valence-electron chi connectivity index (χ1n) is 6.43. The fourth-order valence-corrected chi connectivity index (χ4v) is 2.78. The molecule has 0 saturated carbocycles. The van der Waals surface area contributed by atoms with E-state index in [-0.39, 0.29) is 0 Å². The molecule has 0 aliphatic carbocycles. The minimum Gasteiger partial charge on any atom is -0.318 e. The number of nitrogens with one attached hydrogen (secondary N) is 1. The van der Waals surface area contributed by atoms with Gasteiger partial charge < -0.3 is 5.32 Å². The van der Waals surface area contributed by atoms with E-state index in [2.05, 4.69) is 22.3 Å². The van der Waals surface area contributed by atoms with Gasteiger partial charge in [0.25, 0.3) is 0 Å². The van der Waals surface area contributed by atoms with Gasteiger partial charge in [-0.3, -0.25) is 4.90 Å². The molecule has 1 unspecified atom stereocenters. The molecule has 1 saturated heterocycles. The first-order valence-corrected chi connectivity index (χ1v) is 6.81. The van der Waals surface area contributed by atoms with Gasteiger partial charge in [0.1, 0.15) is 0 Å². The number of likely N-dealkylation sites (tertiary alicyclic amines) is 1. The van der Waals surface area contributed by atoms with Crippen LogP contribution < -0.4 is 5.32 Å². The van der Waals surface area contributed by atoms with Crippen LogP contribution in [0.2, 0.25) is 5.02 Å². The molecule has 1 aromatic rings. The van der Waals surface area contributed by atoms with E-state index in [0.29, 0.717) is 6.04 Å². The Morgan fingerprint density at radius 3 is 2.94 bits per heavy atom. The third kappa shape index (κ3) is 3.44. The summed E-state index contributed by atoms with van der Waals surface area (Å²) in [5, 5.41) is 4.18. The summed E-state index contributed by atoms with van der Waals surface area (Å²) >= 11 is 6.23. The number of rotatable bonds is 4. The lowest BCUT2D eigenvalue weighted by atomic mass is 10.0. The highest BCUT2D eigenvalue weighted by molar-refractivity contribution is 6.31. The van der Waals surface area contributed by atoms with Crippen LogP contribution in [0.3, 0.4) is 0 Å². The summed E-state index contributed by atoms with van der Waals surface area (Å²) in [6.07, 6.45) is 3.96. The molecule has 0 radical (unpaired) electrons. The topological polar surface area (TPSA) is 15.3 Å². The minimum absolute atomic E-state index is 0.657. The number of piperidine rings is 1. The van der Waals surface area contributed by atoms with Crippen molar-refractivity contribution in [2.24, 2.45) is 0 Å². The summed E-state index contributed by atoms with van der Waals surface area (Å²) in [6.45, 7) is 3.24. The van der Waals surface area contributed by atoms with Gasteiger partial charge in [-0.15, -0.1) is 0 Å². The number of hydrogen-bond acceptors (Lipinski definition) is 2. The first-order chi connectivity index (χ1) is 8.31. The Labute approximate surface area is 109 Å². The Balaban J connectivity index is 2.03. The maximum absolute atomic E-state index is 6.23. The lowest BCUT2D eigenvalue weighted by molar-refractivity contribution is 0.139. The molecule has 1 aliphatic heterocycles. The summed E-state index contributed by atoms with van der Waals surface area (Å²) in [5.74, 6) is 0. The molecule has 1 aliphatic rings. The second kappa shape index (κ2) is 6.39. The van der Waals surface area contributed by atoms with Gasteiger partial charge in [-0.1, -0.05) is 36.2 Å². The highest BCUT2D eigenvalue weighted by Crippen LogP contribution is 2.22. The van der Waals surface area contributed by atoms with Gasteiger partial charge in [-0.25, -0.2) is 0 Å². The number of likely N-dealkylation sites (N-methyl/N-ethyl adjacent to an activating group) is 1. The van der Waals surface area contributed by atoms with Crippen LogP contribution in [0.25, 0.3) is 0 Å². The van der Waals surface area contributed by atoms with Crippen molar-refractivity contribution in [3.05, 3.63) is 34.9 Å². The zero-order valence-electron chi connectivity index (χ0n) is 10.5. The van der Waals surface area contributed by atoms with Crippen LogP contribution in [0.15, 0.2) is 24.3 Å². The molecule has 1 atom stereocenters. The standard InChI is InChI=1S/C14H21ClN2/c1-16-10-13-7-4-5-9-17(13)11-12-6-2-3-8-14(12)15/h2-3,6,8,13,16H,4-5,7,9-11H2,1H3. The van der Waals surface area contributed by atoms with Crippen molar-refractivity contribution in [3.8, 4) is 0 Å². The van der Waals surface area contributed by atoms with Gasteiger partial charge >= 0.3 is 0 Å². The van der Waals surface area contributed by atoms with Crippen LogP contribution in [0.1, 0.15) is 24.8 Å². The van der Waals surface area contributed by atoms with Crippen LogP contribution in [0.4, 0.5) is 0 Å². The first kappa shape index (κ1) is 12.9. The molecular formula is C14H21ClN2. The quantitative estimate of drug-likeness (QED) is 0.887. The van der Waals surface area contributed by atoms with Crippen molar-refractivity contribution in [3.63, 3.8) is 0 Å². The molecule has 0 amide bonds. The lowest BCUT2D eigenvalue weighted by Gasteiger charge is -2.35. The van der Waals surface area contributed by atoms with Crippen molar-refractivity contribution in [1.29, 1.82) is 0 Å². The average molecular weight is 253 g/mol. The minimum atomic E-state index is 0.657. The van der Waals surface area contributed by atoms with Crippen molar-refractivity contribution < 1.29 is 0 Å². The summed E-state index contributed by atoms with van der Waals surface area (Å²) in [6, 6.07) is 8.83. The number of halogens is 1. The highest BCUT2D eigenvalue weighted by atomic mass is 35.5. The Kier molecular flexibility index (Phi) is 4.84. The molecule has 1 N–H and O–H groups in total. The molecule has 94 valence electrons. The van der Waals surface area contributed by atoms with Crippen molar-refractivity contribution in [2.75, 3.05) is 20.1 Å². The largest absolute Gasteiger partial charge is 0.318 e. The van der Waals surface area contributed by atoms with Crippen LogP contribution in [0.5, 0.6) is 0 Å². The predicted molar refractivity (Wildman–Crippen MR) is 73.4 cm³/mol. The van der Waals surface area contributed by atoms with E-state index < -0.39 is 0 Å². The van der Waals surface area contributed by atoms with Gasteiger partial charge in [0.2, 0.25) is 0 Å². The second-order valence-corrected chi connectivity index (χ2v) is 5.18. The van der Waals surface area contributed by atoms with E-state index in [1.165, 1.54) is 31.4 Å². The van der Waals surface area contributed by atoms with Crippen molar-refractivity contribution in [1.82, 2.24) is 10.2 Å². The Morgan fingerprint density at radius 2 is 2.18 bits per heavy atom. The van der Waals surface area contributed by atoms with Crippen LogP contribution in [0, 0.1) is 0 Å². The highest BCUT2D eigenvalue weighted by Gasteiger charge is 2.22. The molecule has 1 heterocycles. The van der Waals surface area contributed by atoms with Crippen LogP contribution >= 0.6 is 11.6 Å². The van der Waals surface area contributed by atoms with E-state index >= 15 is 0 Å². The monoisotopic (exact) mass is 252 g/mol. The SMILES string of the molecule is CNCC1CCCCN1Cc1ccccc1Cl. The van der Waals surface area contributed by atoms with Crippen molar-refractivity contribution >= 4 is 11.6 Å². The Bertz CT molecular complexity index is 352. The predicted octanol–water partition coefficient (Wildman–Crippen LogP) is 2.91. The van der Waals surface area contributed by atoms with Crippen LogP contribution in [-0.4, -0.2) is 31.1 Å². The van der Waals surface area contributed by atoms with Gasteiger partial charge in [-0.05, 0) is 38.1 Å². The average Bonchev–Trinajstić information content (AvgIpc) is 2.35. The fourth-order valence-electron chi connectivity index (χ4n) is 2.58. The second-order valence-electron chi connectivity index (χ2n) is 4.77. The third-order valence-electron chi connectivity index (χ3n) is 3.52. The molecule has 0 aromatic heterocycles. The van der Waals surface area contributed by atoms with Gasteiger partial charge in [0.15, 0.2) is 0 Å². The molecule has 1 aromatic carbocycles. The summed E-state index contributed by atoms with van der Waals surface area (Å²) in [7, 11) is 2.03. The van der Waals surface area contributed by atoms with E-state index in [4.69, 9.17) is 11.6 Å². The molecule has 2 nitrogen and oxygen atoms in total. The zero-order chi connectivity index (χ0) is 12.1. The summed E-state index contributed by atoms with van der Waals surface area (Å²) < 4.78 is 0. The molecule has 1 fully saturated rings. The molecule has 3 heteroatoms. The summed E-state index contributed by atoms with van der Waals surface area (Å²) in [4.78, 5) is 2.56. The lowest BCUT2D eigenvalue weighted by Crippen LogP contribution is -2.44. The van der Waals surface area contributed by atoms with Crippen LogP contribution in [-0.2, 0) is 6.54 Å². The number of nitrogens with zero attached hydrogens (tertiary/aromatic N) is 1. The fraction of sp³-hybridized carbons (Fsp3) is 0.571. The van der Waals surface area contributed by atoms with E-state index in [9.17, 15) is 0 Å². The molecule has 17 heavy (non-hydrogen) atoms. The normalized spacial score (nSPS) is 21.6. The van der Waals surface area contributed by atoms with E-state index in [1.54, 1.807) is 0 Å². The van der Waals surface area contributed by atoms with Gasteiger partial charge in [-0.2, -0.15) is 0 Å². The maximum atomic E-state index is 6.23. The molecule has 2 rings (SSSR count). The molecule has 0 bridgehead atoms. The van der Waals surface area contributed by atoms with Crippen molar-refractivity contribution in [2.45, 2.75) is 31.8 Å². The summed E-state index contributed by atoms with van der Waals surface area (Å²) in [5.41, 5.74) is 1.25. The smallest absolute Gasteiger partial charge is 0.0451 e. The van der Waals surface area contributed by atoms with E-state index in [1.807, 2.05) is 19.2 Å². The third-order valence-corrected chi connectivity index (χ3v) is 3.89. The maximum Gasteiger partial charge on any atom is 0.0451 e. The number of hydrogen-bond donors (Lipinski definition) is 1. The zero-order valence-corrected chi connectivity index (χ0v) is 11.2. The van der Waals surface area contributed by atoms with E-state index in [0.717, 1.165) is 18.1 Å². The Morgan fingerprint density at radius 1 is 1.35 bits per heavy atom. The van der Waals surface area contributed by atoms with Gasteiger partial charge in [0.05, 0.1) is 0 Å². The Hall–Kier alpha value is -0.570. The molecule has 0 spiro atoms. The molecular weight excluding hydrogens is 232 g/mol. The number of benzene rings is 1. The van der Waals surface area contributed by atoms with Gasteiger partial charge in [0, 0.05) is 24.2 Å².